The summed E-state index contributed by atoms with van der Waals surface area (Å²) >= 11 is 0. The zero-order chi connectivity index (χ0) is 15.6. The third-order valence-electron chi connectivity index (χ3n) is 2.66. The van der Waals surface area contributed by atoms with Crippen LogP contribution in [0, 0.1) is 23.0 Å². The molecule has 1 aromatic carbocycles. The lowest BCUT2D eigenvalue weighted by Gasteiger charge is -2.11. The number of nitrogen functional groups attached to an aromatic ring is 2. The fraction of sp³-hybridized carbons (Fsp3) is 0.154. The molecule has 0 aliphatic rings. The first-order chi connectivity index (χ1) is 9.99. The molecule has 0 aliphatic heterocycles. The largest absolute Gasteiger partial charge is 0.491 e. The summed E-state index contributed by atoms with van der Waals surface area (Å²) in [5.41, 5.74) is 9.88. The first-order valence-electron chi connectivity index (χ1n) is 5.93. The number of nitrogens with two attached hydrogens (primary N) is 2. The Bertz CT molecular complexity index is 742. The van der Waals surface area contributed by atoms with E-state index in [0.717, 1.165) is 12.1 Å². The molecule has 0 aliphatic carbocycles. The molecule has 2 rings (SSSR count). The third-order valence-corrected chi connectivity index (χ3v) is 2.66. The van der Waals surface area contributed by atoms with Crippen LogP contribution in [0.2, 0.25) is 0 Å². The van der Waals surface area contributed by atoms with E-state index in [1.165, 1.54) is 0 Å². The molecule has 2 aromatic rings. The minimum atomic E-state index is -0.981. The molecule has 4 N–H and O–H groups in total. The minimum Gasteiger partial charge on any atom is -0.491 e. The summed E-state index contributed by atoms with van der Waals surface area (Å²) in [4.78, 5) is 7.32. The summed E-state index contributed by atoms with van der Waals surface area (Å²) in [5, 5.41) is 9.08. The molecule has 0 atom stereocenters. The van der Waals surface area contributed by atoms with Crippen molar-refractivity contribution >= 4 is 11.8 Å². The van der Waals surface area contributed by atoms with Gasteiger partial charge in [0, 0.05) is 0 Å². The number of nitrogens with zero attached hydrogens (tertiary/aromatic N) is 3. The molecule has 0 saturated heterocycles. The van der Waals surface area contributed by atoms with E-state index < -0.39 is 17.2 Å². The van der Waals surface area contributed by atoms with Crippen molar-refractivity contribution < 1.29 is 13.5 Å². The second kappa shape index (κ2) is 5.58. The maximum atomic E-state index is 14.4. The van der Waals surface area contributed by atoms with E-state index in [9.17, 15) is 8.78 Å². The second-order valence-electron chi connectivity index (χ2n) is 3.97. The molecular weight excluding hydrogens is 280 g/mol. The average molecular weight is 291 g/mol. The predicted molar refractivity (Wildman–Crippen MR) is 72.1 cm³/mol. The highest BCUT2D eigenvalue weighted by molar-refractivity contribution is 5.74. The lowest BCUT2D eigenvalue weighted by atomic mass is 10.1. The van der Waals surface area contributed by atoms with E-state index in [1.54, 1.807) is 13.0 Å². The third kappa shape index (κ3) is 2.53. The van der Waals surface area contributed by atoms with Gasteiger partial charge in [-0.15, -0.1) is 0 Å². The van der Waals surface area contributed by atoms with Gasteiger partial charge in [0.2, 0.25) is 5.95 Å². The highest BCUT2D eigenvalue weighted by atomic mass is 19.1. The van der Waals surface area contributed by atoms with Crippen LogP contribution in [0.5, 0.6) is 5.75 Å². The minimum absolute atomic E-state index is 0.159. The lowest BCUT2D eigenvalue weighted by molar-refractivity contribution is 0.321. The fourth-order valence-electron chi connectivity index (χ4n) is 1.80. The van der Waals surface area contributed by atoms with Crippen LogP contribution < -0.4 is 16.2 Å². The summed E-state index contributed by atoms with van der Waals surface area (Å²) in [5.74, 6) is -2.59. The van der Waals surface area contributed by atoms with Crippen molar-refractivity contribution in [2.24, 2.45) is 0 Å². The Labute approximate surface area is 119 Å². The summed E-state index contributed by atoms with van der Waals surface area (Å²) < 4.78 is 33.4. The van der Waals surface area contributed by atoms with Crippen molar-refractivity contribution in [2.75, 3.05) is 18.1 Å². The van der Waals surface area contributed by atoms with E-state index in [0.29, 0.717) is 0 Å². The fourth-order valence-corrected chi connectivity index (χ4v) is 1.80. The van der Waals surface area contributed by atoms with E-state index in [2.05, 4.69) is 9.97 Å². The molecule has 6 nitrogen and oxygen atoms in total. The van der Waals surface area contributed by atoms with Crippen LogP contribution >= 0.6 is 0 Å². The normalized spacial score (nSPS) is 10.2. The molecule has 0 unspecified atom stereocenters. The van der Waals surface area contributed by atoms with Gasteiger partial charge >= 0.3 is 0 Å². The Hall–Kier alpha value is -2.95. The van der Waals surface area contributed by atoms with E-state index in [4.69, 9.17) is 21.5 Å². The van der Waals surface area contributed by atoms with Crippen LogP contribution in [-0.4, -0.2) is 16.6 Å². The monoisotopic (exact) mass is 291 g/mol. The number of ether oxygens (including phenoxy) is 1. The van der Waals surface area contributed by atoms with Gasteiger partial charge < -0.3 is 16.2 Å². The number of nitriles is 1. The Morgan fingerprint density at radius 3 is 2.62 bits per heavy atom. The molecule has 0 bridgehead atoms. The Morgan fingerprint density at radius 1 is 1.29 bits per heavy atom. The van der Waals surface area contributed by atoms with Crippen LogP contribution in [0.4, 0.5) is 20.5 Å². The predicted octanol–water partition coefficient (Wildman–Crippen LogP) is 1.86. The molecule has 108 valence electrons. The number of halogens is 2. The molecule has 0 fully saturated rings. The summed E-state index contributed by atoms with van der Waals surface area (Å²) in [6.07, 6.45) is 0. The molecule has 0 amide bonds. The van der Waals surface area contributed by atoms with Gasteiger partial charge in [-0.25, -0.2) is 13.8 Å². The highest BCUT2D eigenvalue weighted by Crippen LogP contribution is 2.34. The van der Waals surface area contributed by atoms with E-state index in [1.807, 2.05) is 0 Å². The van der Waals surface area contributed by atoms with Crippen molar-refractivity contribution in [2.45, 2.75) is 6.92 Å². The highest BCUT2D eigenvalue weighted by Gasteiger charge is 2.23. The smallest absolute Gasteiger partial charge is 0.222 e. The molecule has 1 aromatic heterocycles. The number of rotatable bonds is 3. The van der Waals surface area contributed by atoms with Crippen LogP contribution in [0.3, 0.4) is 0 Å². The molecular formula is C13H11F2N5O. The number of aromatic nitrogens is 2. The second-order valence-corrected chi connectivity index (χ2v) is 3.97. The number of hydrogen-bond donors (Lipinski definition) is 2. The van der Waals surface area contributed by atoms with Crippen LogP contribution in [0.1, 0.15) is 12.5 Å². The maximum Gasteiger partial charge on any atom is 0.222 e. The molecule has 8 heteroatoms. The average Bonchev–Trinajstić information content (AvgIpc) is 2.42. The van der Waals surface area contributed by atoms with Crippen LogP contribution in [0.15, 0.2) is 12.1 Å². The number of benzene rings is 1. The van der Waals surface area contributed by atoms with Gasteiger partial charge in [0.25, 0.3) is 0 Å². The maximum absolute atomic E-state index is 14.4. The molecule has 0 spiro atoms. The van der Waals surface area contributed by atoms with Crippen molar-refractivity contribution in [1.29, 1.82) is 5.26 Å². The first kappa shape index (κ1) is 14.5. The zero-order valence-corrected chi connectivity index (χ0v) is 11.0. The lowest BCUT2D eigenvalue weighted by Crippen LogP contribution is -2.07. The molecule has 21 heavy (non-hydrogen) atoms. The summed E-state index contributed by atoms with van der Waals surface area (Å²) in [7, 11) is 0. The van der Waals surface area contributed by atoms with Gasteiger partial charge in [-0.3, -0.25) is 0 Å². The summed E-state index contributed by atoms with van der Waals surface area (Å²) in [6.45, 7) is 1.85. The SMILES string of the molecule is CCOc1ccc(F)c(-c2nc(N)nc(N)c2C#N)c1F. The van der Waals surface area contributed by atoms with E-state index in [-0.39, 0.29) is 35.4 Å². The first-order valence-corrected chi connectivity index (χ1v) is 5.93. The standard InChI is InChI=1S/C13H11F2N5O/c1-2-21-8-4-3-7(14)9(10(8)15)11-6(5-16)12(17)20-13(18)19-11/h3-4H,2H2,1H3,(H4,17,18,19,20). The van der Waals surface area contributed by atoms with Gasteiger partial charge in [-0.05, 0) is 19.1 Å². The molecule has 1 heterocycles. The van der Waals surface area contributed by atoms with Crippen molar-refractivity contribution in [1.82, 2.24) is 9.97 Å². The Balaban J connectivity index is 2.79. The van der Waals surface area contributed by atoms with E-state index >= 15 is 0 Å². The van der Waals surface area contributed by atoms with Crippen molar-refractivity contribution in [3.05, 3.63) is 29.3 Å². The van der Waals surface area contributed by atoms with Gasteiger partial charge in [-0.1, -0.05) is 0 Å². The molecule has 0 saturated carbocycles. The quantitative estimate of drug-likeness (QED) is 0.892. The van der Waals surface area contributed by atoms with Crippen molar-refractivity contribution in [3.63, 3.8) is 0 Å². The Kier molecular flexibility index (Phi) is 3.84. The number of anilines is 2. The number of hydrogen-bond acceptors (Lipinski definition) is 6. The Morgan fingerprint density at radius 2 is 2.00 bits per heavy atom. The van der Waals surface area contributed by atoms with Gasteiger partial charge in [0.1, 0.15) is 29.0 Å². The molecule has 0 radical (unpaired) electrons. The van der Waals surface area contributed by atoms with Gasteiger partial charge in [0.05, 0.1) is 12.2 Å². The topological polar surface area (TPSA) is 111 Å². The van der Waals surface area contributed by atoms with Crippen LogP contribution in [0.25, 0.3) is 11.3 Å². The van der Waals surface area contributed by atoms with Gasteiger partial charge in [0.15, 0.2) is 11.6 Å². The van der Waals surface area contributed by atoms with Crippen LogP contribution in [-0.2, 0) is 0 Å². The summed E-state index contributed by atoms with van der Waals surface area (Å²) in [6, 6.07) is 3.88. The van der Waals surface area contributed by atoms with Gasteiger partial charge in [-0.2, -0.15) is 10.2 Å². The zero-order valence-electron chi connectivity index (χ0n) is 11.0. The van der Waals surface area contributed by atoms with Crippen molar-refractivity contribution in [3.8, 4) is 23.1 Å².